The van der Waals surface area contributed by atoms with Gasteiger partial charge in [-0.3, -0.25) is 9.59 Å². The van der Waals surface area contributed by atoms with Crippen LogP contribution >= 0.6 is 0 Å². The van der Waals surface area contributed by atoms with Crippen LogP contribution in [0.5, 0.6) is 0 Å². The van der Waals surface area contributed by atoms with Crippen molar-refractivity contribution in [2.24, 2.45) is 5.92 Å². The molecule has 1 aromatic rings. The topological polar surface area (TPSA) is 86.7 Å². The minimum Gasteiger partial charge on any atom is -0.392 e. The lowest BCUT2D eigenvalue weighted by atomic mass is 9.60. The maximum absolute atomic E-state index is 12.0. The number of carbonyl (C=O) groups excluding carboxylic acids is 4. The molecule has 6 nitrogen and oxygen atoms in total. The van der Waals surface area contributed by atoms with Gasteiger partial charge in [-0.1, -0.05) is 31.2 Å². The zero-order valence-electron chi connectivity index (χ0n) is 12.2. The first-order valence-electron chi connectivity index (χ1n) is 7.25. The Bertz CT molecular complexity index is 820. The van der Waals surface area contributed by atoms with E-state index in [1.54, 1.807) is 31.2 Å². The van der Waals surface area contributed by atoms with E-state index >= 15 is 0 Å². The lowest BCUT2D eigenvalue weighted by Gasteiger charge is -2.39. The zero-order valence-corrected chi connectivity index (χ0v) is 12.2. The molecule has 0 radical (unpaired) electrons. The number of fused-ring (bicyclic) bond motifs is 3. The lowest BCUT2D eigenvalue weighted by molar-refractivity contribution is -0.154. The van der Waals surface area contributed by atoms with Crippen LogP contribution in [0, 0.1) is 5.92 Å². The van der Waals surface area contributed by atoms with Gasteiger partial charge in [0, 0.05) is 11.5 Å². The maximum Gasteiger partial charge on any atom is 0.343 e. The minimum atomic E-state index is -0.884. The van der Waals surface area contributed by atoms with Crippen LogP contribution in [-0.4, -0.2) is 23.9 Å². The smallest absolute Gasteiger partial charge is 0.343 e. The number of cyclic esters (lactones) is 4. The van der Waals surface area contributed by atoms with E-state index in [0.29, 0.717) is 5.56 Å². The van der Waals surface area contributed by atoms with Crippen LogP contribution < -0.4 is 0 Å². The summed E-state index contributed by atoms with van der Waals surface area (Å²) >= 11 is 0. The van der Waals surface area contributed by atoms with Gasteiger partial charge in [-0.2, -0.15) is 0 Å². The molecule has 0 N–H and O–H groups in total. The van der Waals surface area contributed by atoms with E-state index in [1.165, 1.54) is 6.08 Å². The first-order chi connectivity index (χ1) is 10.9. The molecule has 2 aliphatic heterocycles. The Hall–Kier alpha value is -2.76. The lowest BCUT2D eigenvalue weighted by Crippen LogP contribution is -2.39. The molecule has 2 heterocycles. The molecule has 23 heavy (non-hydrogen) atoms. The fourth-order valence-electron chi connectivity index (χ4n) is 3.90. The summed E-state index contributed by atoms with van der Waals surface area (Å²) < 4.78 is 9.40. The average molecular weight is 312 g/mol. The number of benzene rings is 1. The number of carbonyl (C=O) groups is 4. The summed E-state index contributed by atoms with van der Waals surface area (Å²) in [4.78, 5) is 47.5. The molecule has 0 bridgehead atoms. The predicted molar refractivity (Wildman–Crippen MR) is 74.9 cm³/mol. The second-order valence-corrected chi connectivity index (χ2v) is 6.21. The van der Waals surface area contributed by atoms with Gasteiger partial charge in [0.05, 0.1) is 17.4 Å². The summed E-state index contributed by atoms with van der Waals surface area (Å²) in [5.41, 5.74) is 0.728. The van der Waals surface area contributed by atoms with Crippen molar-refractivity contribution >= 4 is 23.9 Å². The van der Waals surface area contributed by atoms with Crippen molar-refractivity contribution in [1.29, 1.82) is 0 Å². The Morgan fingerprint density at radius 2 is 1.78 bits per heavy atom. The molecule has 1 aromatic carbocycles. The third-order valence-corrected chi connectivity index (χ3v) is 4.95. The van der Waals surface area contributed by atoms with Gasteiger partial charge < -0.3 is 9.47 Å². The van der Waals surface area contributed by atoms with Crippen LogP contribution in [0.2, 0.25) is 0 Å². The van der Waals surface area contributed by atoms with Crippen molar-refractivity contribution in [1.82, 2.24) is 0 Å². The normalized spacial score (nSPS) is 32.1. The summed E-state index contributed by atoms with van der Waals surface area (Å²) in [5, 5.41) is 0. The molecule has 1 saturated heterocycles. The Kier molecular flexibility index (Phi) is 2.64. The highest BCUT2D eigenvalue weighted by Gasteiger charge is 2.56. The molecule has 3 aliphatic rings. The maximum atomic E-state index is 12.0. The van der Waals surface area contributed by atoms with Crippen LogP contribution in [0.15, 0.2) is 35.9 Å². The van der Waals surface area contributed by atoms with Crippen LogP contribution in [0.25, 0.3) is 0 Å². The highest BCUT2D eigenvalue weighted by molar-refractivity contribution is 6.11. The van der Waals surface area contributed by atoms with Gasteiger partial charge in [0.2, 0.25) is 0 Å². The molecule has 3 unspecified atom stereocenters. The molecule has 1 aliphatic carbocycles. The second kappa shape index (κ2) is 4.38. The number of esters is 4. The van der Waals surface area contributed by atoms with Crippen LogP contribution in [0.4, 0.5) is 0 Å². The van der Waals surface area contributed by atoms with Gasteiger partial charge in [0.1, 0.15) is 0 Å². The van der Waals surface area contributed by atoms with Crippen LogP contribution in [0.3, 0.4) is 0 Å². The largest absolute Gasteiger partial charge is 0.392 e. The molecule has 3 atom stereocenters. The van der Waals surface area contributed by atoms with Crippen molar-refractivity contribution in [3.05, 3.63) is 47.0 Å². The van der Waals surface area contributed by atoms with Gasteiger partial charge in [-0.15, -0.1) is 0 Å². The number of hydrogen-bond donors (Lipinski definition) is 0. The molecule has 0 amide bonds. The number of rotatable bonds is 1. The van der Waals surface area contributed by atoms with Crippen molar-refractivity contribution in [2.75, 3.05) is 0 Å². The summed E-state index contributed by atoms with van der Waals surface area (Å²) in [6, 6.07) is 7.12. The fraction of sp³-hybridized carbons (Fsp3) is 0.294. The first-order valence-corrected chi connectivity index (χ1v) is 7.25. The van der Waals surface area contributed by atoms with Crippen molar-refractivity contribution < 1.29 is 28.7 Å². The Morgan fingerprint density at radius 1 is 1.04 bits per heavy atom. The fourth-order valence-corrected chi connectivity index (χ4v) is 3.90. The average Bonchev–Trinajstić information content (AvgIpc) is 2.99. The number of ether oxygens (including phenoxy) is 2. The minimum absolute atomic E-state index is 0.209. The molecule has 4 rings (SSSR count). The third kappa shape index (κ3) is 1.75. The quantitative estimate of drug-likeness (QED) is 0.571. The Morgan fingerprint density at radius 3 is 2.48 bits per heavy atom. The SMILES string of the molecule is CC1(C2=CC(=O)OC2=O)CC2C(=O)OC(=O)C2c2ccccc21. The van der Waals surface area contributed by atoms with E-state index in [9.17, 15) is 19.2 Å². The first kappa shape index (κ1) is 13.9. The third-order valence-electron chi connectivity index (χ3n) is 4.95. The molecule has 0 spiro atoms. The van der Waals surface area contributed by atoms with E-state index in [-0.39, 0.29) is 12.0 Å². The van der Waals surface area contributed by atoms with Crippen LogP contribution in [0.1, 0.15) is 30.4 Å². The van der Waals surface area contributed by atoms with Crippen LogP contribution in [-0.2, 0) is 34.1 Å². The van der Waals surface area contributed by atoms with E-state index in [2.05, 4.69) is 4.74 Å². The summed E-state index contributed by atoms with van der Waals surface area (Å²) in [6.07, 6.45) is 1.38. The van der Waals surface area contributed by atoms with Gasteiger partial charge >= 0.3 is 23.9 Å². The second-order valence-electron chi connectivity index (χ2n) is 6.21. The molecular formula is C17H12O6. The highest BCUT2D eigenvalue weighted by atomic mass is 16.6. The van der Waals surface area contributed by atoms with Crippen molar-refractivity contribution in [3.8, 4) is 0 Å². The molecule has 116 valence electrons. The molecular weight excluding hydrogens is 300 g/mol. The molecule has 0 aromatic heterocycles. The van der Waals surface area contributed by atoms with Crippen molar-refractivity contribution in [3.63, 3.8) is 0 Å². The van der Waals surface area contributed by atoms with Gasteiger partial charge in [-0.25, -0.2) is 9.59 Å². The summed E-state index contributed by atoms with van der Waals surface area (Å²) in [6.45, 7) is 1.78. The van der Waals surface area contributed by atoms with Gasteiger partial charge in [0.25, 0.3) is 0 Å². The molecule has 6 heteroatoms. The van der Waals surface area contributed by atoms with E-state index in [0.717, 1.165) is 5.56 Å². The monoisotopic (exact) mass is 312 g/mol. The van der Waals surface area contributed by atoms with E-state index in [4.69, 9.17) is 4.74 Å². The van der Waals surface area contributed by atoms with E-state index in [1.807, 2.05) is 0 Å². The number of hydrogen-bond acceptors (Lipinski definition) is 6. The summed E-state index contributed by atoms with van der Waals surface area (Å²) in [5.74, 6) is -3.88. The van der Waals surface area contributed by atoms with E-state index < -0.39 is 41.1 Å². The summed E-state index contributed by atoms with van der Waals surface area (Å²) in [7, 11) is 0. The zero-order chi connectivity index (χ0) is 16.4. The molecule has 1 fully saturated rings. The Balaban J connectivity index is 1.94. The Labute approximate surface area is 131 Å². The van der Waals surface area contributed by atoms with Gasteiger partial charge in [-0.05, 0) is 17.5 Å². The predicted octanol–water partition coefficient (Wildman–Crippen LogP) is 1.14. The highest BCUT2D eigenvalue weighted by Crippen LogP contribution is 2.53. The van der Waals surface area contributed by atoms with Gasteiger partial charge in [0.15, 0.2) is 0 Å². The standard InChI is InChI=1S/C17H12O6/c1-17(11-6-12(18)22-15(11)20)7-9-13(16(21)23-14(9)19)8-4-2-3-5-10(8)17/h2-6,9,13H,7H2,1H3. The van der Waals surface area contributed by atoms with Crippen molar-refractivity contribution in [2.45, 2.75) is 24.7 Å². The molecule has 0 saturated carbocycles.